The van der Waals surface area contributed by atoms with E-state index in [-0.39, 0.29) is 25.4 Å². The smallest absolute Gasteiger partial charge is 0.391 e. The molecule has 6 heteroatoms. The molecule has 0 spiro atoms. The highest BCUT2D eigenvalue weighted by molar-refractivity contribution is 5.72. The maximum Gasteiger partial charge on any atom is 0.391 e. The van der Waals surface area contributed by atoms with Crippen molar-refractivity contribution in [3.05, 3.63) is 0 Å². The van der Waals surface area contributed by atoms with E-state index in [1.54, 1.807) is 20.8 Å². The van der Waals surface area contributed by atoms with Crippen molar-refractivity contribution in [2.45, 2.75) is 64.3 Å². The van der Waals surface area contributed by atoms with E-state index in [0.29, 0.717) is 12.8 Å². The van der Waals surface area contributed by atoms with E-state index in [9.17, 15) is 18.0 Å². The van der Waals surface area contributed by atoms with E-state index in [2.05, 4.69) is 5.32 Å². The summed E-state index contributed by atoms with van der Waals surface area (Å²) in [6.45, 7) is 5.23. The minimum Gasteiger partial charge on any atom is -0.459 e. The number of carbonyl (C=O) groups excluding carboxylic acids is 1. The molecule has 3 nitrogen and oxygen atoms in total. The van der Waals surface area contributed by atoms with E-state index in [4.69, 9.17) is 4.74 Å². The fourth-order valence-corrected chi connectivity index (χ4v) is 2.28. The molecule has 2 atom stereocenters. The van der Waals surface area contributed by atoms with Gasteiger partial charge >= 0.3 is 12.1 Å². The predicted octanol–water partition coefficient (Wildman–Crippen LogP) is 3.04. The van der Waals surface area contributed by atoms with Crippen molar-refractivity contribution in [3.8, 4) is 0 Å². The molecule has 0 aliphatic heterocycles. The van der Waals surface area contributed by atoms with Crippen LogP contribution in [-0.4, -0.2) is 30.3 Å². The zero-order valence-electron chi connectivity index (χ0n) is 11.6. The highest BCUT2D eigenvalue weighted by atomic mass is 19.4. The molecular formula is C13H22F3NO2. The number of rotatable bonds is 3. The molecule has 0 amide bonds. The van der Waals surface area contributed by atoms with Crippen LogP contribution in [0.4, 0.5) is 13.2 Å². The zero-order chi connectivity index (χ0) is 14.7. The summed E-state index contributed by atoms with van der Waals surface area (Å²) >= 11 is 0. The summed E-state index contributed by atoms with van der Waals surface area (Å²) in [5, 5.41) is 2.87. The first-order valence-electron chi connectivity index (χ1n) is 6.60. The molecule has 1 aliphatic rings. The van der Waals surface area contributed by atoms with Crippen LogP contribution in [0.25, 0.3) is 0 Å². The molecule has 0 aromatic heterocycles. The van der Waals surface area contributed by atoms with Gasteiger partial charge in [-0.05, 0) is 40.0 Å². The lowest BCUT2D eigenvalue weighted by molar-refractivity contribution is -0.183. The Balaban J connectivity index is 2.35. The minimum absolute atomic E-state index is 0.0352. The quantitative estimate of drug-likeness (QED) is 0.808. The monoisotopic (exact) mass is 281 g/mol. The number of carbonyl (C=O) groups is 1. The summed E-state index contributed by atoms with van der Waals surface area (Å²) in [6, 6.07) is -0.257. The summed E-state index contributed by atoms with van der Waals surface area (Å²) in [5.41, 5.74) is -0.570. The van der Waals surface area contributed by atoms with E-state index >= 15 is 0 Å². The lowest BCUT2D eigenvalue weighted by Crippen LogP contribution is -2.42. The lowest BCUT2D eigenvalue weighted by atomic mass is 9.85. The maximum absolute atomic E-state index is 12.6. The van der Waals surface area contributed by atoms with Crippen molar-refractivity contribution in [2.24, 2.45) is 5.92 Å². The van der Waals surface area contributed by atoms with Gasteiger partial charge in [0.05, 0.1) is 12.5 Å². The van der Waals surface area contributed by atoms with Gasteiger partial charge in [0.25, 0.3) is 0 Å². The summed E-state index contributed by atoms with van der Waals surface area (Å²) in [6.07, 6.45) is -2.68. The van der Waals surface area contributed by atoms with Gasteiger partial charge in [0.2, 0.25) is 0 Å². The summed E-state index contributed by atoms with van der Waals surface area (Å²) in [4.78, 5) is 11.5. The Morgan fingerprint density at radius 3 is 2.42 bits per heavy atom. The Labute approximate surface area is 111 Å². The van der Waals surface area contributed by atoms with Crippen LogP contribution in [0.3, 0.4) is 0 Å². The molecule has 0 aromatic rings. The first kappa shape index (κ1) is 16.3. The normalized spacial score (nSPS) is 25.2. The van der Waals surface area contributed by atoms with Crippen molar-refractivity contribution in [1.82, 2.24) is 5.32 Å². The van der Waals surface area contributed by atoms with Gasteiger partial charge in [0, 0.05) is 6.04 Å². The van der Waals surface area contributed by atoms with Crippen molar-refractivity contribution < 1.29 is 22.7 Å². The van der Waals surface area contributed by atoms with E-state index < -0.39 is 23.7 Å². The first-order valence-corrected chi connectivity index (χ1v) is 6.60. The van der Waals surface area contributed by atoms with Crippen LogP contribution in [0.15, 0.2) is 0 Å². The fraction of sp³-hybridized carbons (Fsp3) is 0.923. The van der Waals surface area contributed by atoms with Gasteiger partial charge in [-0.1, -0.05) is 6.42 Å². The van der Waals surface area contributed by atoms with Crippen molar-refractivity contribution in [2.75, 3.05) is 6.54 Å². The van der Waals surface area contributed by atoms with Crippen LogP contribution in [0, 0.1) is 5.92 Å². The van der Waals surface area contributed by atoms with Crippen LogP contribution >= 0.6 is 0 Å². The van der Waals surface area contributed by atoms with Gasteiger partial charge in [-0.25, -0.2) is 0 Å². The fourth-order valence-electron chi connectivity index (χ4n) is 2.28. The van der Waals surface area contributed by atoms with Crippen molar-refractivity contribution in [3.63, 3.8) is 0 Å². The highest BCUT2D eigenvalue weighted by Crippen LogP contribution is 2.37. The molecule has 1 aliphatic carbocycles. The third-order valence-electron chi connectivity index (χ3n) is 3.09. The van der Waals surface area contributed by atoms with Crippen LogP contribution in [-0.2, 0) is 9.53 Å². The Hall–Kier alpha value is -0.780. The number of nitrogens with one attached hydrogen (secondary N) is 1. The van der Waals surface area contributed by atoms with E-state index in [1.807, 2.05) is 0 Å². The zero-order valence-corrected chi connectivity index (χ0v) is 11.6. The molecular weight excluding hydrogens is 259 g/mol. The molecule has 19 heavy (non-hydrogen) atoms. The van der Waals surface area contributed by atoms with E-state index in [0.717, 1.165) is 0 Å². The minimum atomic E-state index is -4.13. The van der Waals surface area contributed by atoms with Gasteiger partial charge < -0.3 is 10.1 Å². The number of alkyl halides is 3. The number of hydrogen-bond donors (Lipinski definition) is 1. The number of esters is 1. The van der Waals surface area contributed by atoms with Gasteiger partial charge in [-0.15, -0.1) is 0 Å². The number of hydrogen-bond acceptors (Lipinski definition) is 3. The molecule has 0 saturated heterocycles. The third kappa shape index (κ3) is 6.27. The Bertz CT molecular complexity index is 310. The molecule has 0 heterocycles. The topological polar surface area (TPSA) is 38.3 Å². The Morgan fingerprint density at radius 1 is 1.26 bits per heavy atom. The van der Waals surface area contributed by atoms with Crippen LogP contribution in [0.5, 0.6) is 0 Å². The summed E-state index contributed by atoms with van der Waals surface area (Å²) < 4.78 is 42.9. The van der Waals surface area contributed by atoms with Crippen LogP contribution in [0.1, 0.15) is 46.5 Å². The molecule has 0 bridgehead atoms. The summed E-state index contributed by atoms with van der Waals surface area (Å²) in [7, 11) is 0. The maximum atomic E-state index is 12.6. The Morgan fingerprint density at radius 2 is 1.89 bits per heavy atom. The van der Waals surface area contributed by atoms with Crippen molar-refractivity contribution >= 4 is 5.97 Å². The summed E-state index contributed by atoms with van der Waals surface area (Å²) in [5.74, 6) is -1.68. The molecule has 1 fully saturated rings. The number of halogens is 3. The second-order valence-electron chi connectivity index (χ2n) is 6.07. The molecule has 1 N–H and O–H groups in total. The van der Waals surface area contributed by atoms with Crippen molar-refractivity contribution in [1.29, 1.82) is 0 Å². The Kier molecular flexibility index (Phi) is 5.24. The van der Waals surface area contributed by atoms with Gasteiger partial charge in [0.15, 0.2) is 0 Å². The molecule has 112 valence electrons. The second kappa shape index (κ2) is 6.11. The van der Waals surface area contributed by atoms with E-state index in [1.165, 1.54) is 0 Å². The predicted molar refractivity (Wildman–Crippen MR) is 65.6 cm³/mol. The average Bonchev–Trinajstić information content (AvgIpc) is 2.23. The second-order valence-corrected chi connectivity index (χ2v) is 6.07. The lowest BCUT2D eigenvalue weighted by Gasteiger charge is -2.31. The average molecular weight is 281 g/mol. The molecule has 2 unspecified atom stereocenters. The first-order chi connectivity index (χ1) is 8.58. The highest BCUT2D eigenvalue weighted by Gasteiger charge is 2.42. The molecule has 1 saturated carbocycles. The number of ether oxygens (including phenoxy) is 1. The largest absolute Gasteiger partial charge is 0.459 e. The standard InChI is InChI=1S/C13H22F3NO2/c1-12(2,3)19-11(18)8-17-10-6-4-5-9(7-10)13(14,15)16/h9-10,17H,4-8H2,1-3H3. The van der Waals surface area contributed by atoms with Gasteiger partial charge in [-0.2, -0.15) is 13.2 Å². The SMILES string of the molecule is CC(C)(C)OC(=O)CNC1CCCC(C(F)(F)F)C1. The van der Waals surface area contributed by atoms with Crippen LogP contribution in [0.2, 0.25) is 0 Å². The molecule has 0 aromatic carbocycles. The molecule has 0 radical (unpaired) electrons. The van der Waals surface area contributed by atoms with Crippen LogP contribution < -0.4 is 5.32 Å². The third-order valence-corrected chi connectivity index (χ3v) is 3.09. The van der Waals surface area contributed by atoms with Gasteiger partial charge in [-0.3, -0.25) is 4.79 Å². The molecule has 1 rings (SSSR count). The van der Waals surface area contributed by atoms with Gasteiger partial charge in [0.1, 0.15) is 5.60 Å².